The second-order valence-electron chi connectivity index (χ2n) is 5.29. The van der Waals surface area contributed by atoms with E-state index < -0.39 is 7.81 Å². The Balaban J connectivity index is 0.000000298. The summed E-state index contributed by atoms with van der Waals surface area (Å²) in [6.07, 6.45) is 3.56. The van der Waals surface area contributed by atoms with Gasteiger partial charge in [0.25, 0.3) is 0 Å². The fourth-order valence-corrected chi connectivity index (χ4v) is 2.10. The van der Waals surface area contributed by atoms with Crippen molar-refractivity contribution in [2.24, 2.45) is 0 Å². The topological polar surface area (TPSA) is 33.8 Å². The van der Waals surface area contributed by atoms with Gasteiger partial charge in [0.05, 0.1) is 6.20 Å². The van der Waals surface area contributed by atoms with E-state index in [9.17, 15) is 30.0 Å². The Kier molecular flexibility index (Phi) is 4.81. The summed E-state index contributed by atoms with van der Waals surface area (Å²) in [7, 11) is -10.7. The Labute approximate surface area is 144 Å². The van der Waals surface area contributed by atoms with Gasteiger partial charge in [0, 0.05) is 11.6 Å². The average molecular weight is 394 g/mol. The molecule has 0 bridgehead atoms. The van der Waals surface area contributed by atoms with Gasteiger partial charge in [-0.05, 0) is 6.07 Å². The molecule has 1 aromatic heterocycles. The van der Waals surface area contributed by atoms with E-state index in [1.54, 1.807) is 6.20 Å². The maximum absolute atomic E-state index is 12.2. The van der Waals surface area contributed by atoms with E-state index in [0.717, 1.165) is 16.6 Å². The smallest absolute Gasteiger partial charge is 0.231 e. The minimum atomic E-state index is -10.7. The van der Waals surface area contributed by atoms with Gasteiger partial charge in [-0.3, -0.25) is 4.79 Å². The standard InChI is InChI=1S/C16H13N2O.F6P/c19-16(13-6-2-1-3-7-13)12-18-11-10-17-14-8-4-5-9-15(14)18;1-7(2,3,4,5)6/h1-11H,12H2;/q+1;-1. The van der Waals surface area contributed by atoms with E-state index in [1.165, 1.54) is 0 Å². The van der Waals surface area contributed by atoms with Gasteiger partial charge in [-0.15, -0.1) is 0 Å². The van der Waals surface area contributed by atoms with Crippen LogP contribution in [0, 0.1) is 0 Å². The van der Waals surface area contributed by atoms with Crippen LogP contribution in [0.1, 0.15) is 10.4 Å². The number of para-hydroxylation sites is 2. The maximum Gasteiger partial charge on any atom is 0.231 e. The second-order valence-corrected chi connectivity index (χ2v) is 7.21. The molecule has 0 unspecified atom stereocenters. The summed E-state index contributed by atoms with van der Waals surface area (Å²) in [6, 6.07) is 17.2. The predicted octanol–water partition coefficient (Wildman–Crippen LogP) is 5.79. The molecule has 3 nitrogen and oxygen atoms in total. The van der Waals surface area contributed by atoms with Crippen molar-refractivity contribution in [3.8, 4) is 0 Å². The van der Waals surface area contributed by atoms with Gasteiger partial charge in [0.15, 0.2) is 6.20 Å². The molecule has 0 atom stereocenters. The van der Waals surface area contributed by atoms with Gasteiger partial charge in [-0.25, -0.2) is 4.98 Å². The number of rotatable bonds is 3. The zero-order valence-corrected chi connectivity index (χ0v) is 14.0. The number of nitrogens with zero attached hydrogens (tertiary/aromatic N) is 2. The summed E-state index contributed by atoms with van der Waals surface area (Å²) >= 11 is 0. The van der Waals surface area contributed by atoms with Crippen molar-refractivity contribution in [2.75, 3.05) is 0 Å². The molecule has 1 heterocycles. The molecule has 140 valence electrons. The zero-order valence-electron chi connectivity index (χ0n) is 13.1. The third-order valence-corrected chi connectivity index (χ3v) is 3.06. The molecule has 0 radical (unpaired) electrons. The van der Waals surface area contributed by atoms with E-state index in [1.807, 2.05) is 65.4 Å². The first-order valence-electron chi connectivity index (χ1n) is 7.17. The van der Waals surface area contributed by atoms with Crippen molar-refractivity contribution in [1.29, 1.82) is 0 Å². The second kappa shape index (κ2) is 6.32. The van der Waals surface area contributed by atoms with Crippen LogP contribution in [-0.4, -0.2) is 10.8 Å². The van der Waals surface area contributed by atoms with Crippen LogP contribution in [0.2, 0.25) is 0 Å². The maximum atomic E-state index is 12.2. The van der Waals surface area contributed by atoms with Crippen LogP contribution >= 0.6 is 7.81 Å². The average Bonchev–Trinajstić information content (AvgIpc) is 2.53. The number of aromatic nitrogens is 2. The summed E-state index contributed by atoms with van der Waals surface area (Å²) in [6.45, 7) is 0.326. The molecule has 0 aliphatic rings. The van der Waals surface area contributed by atoms with Crippen molar-refractivity contribution in [3.05, 3.63) is 72.6 Å². The third kappa shape index (κ3) is 7.57. The van der Waals surface area contributed by atoms with Crippen LogP contribution in [0.25, 0.3) is 11.0 Å². The van der Waals surface area contributed by atoms with Crippen molar-refractivity contribution < 1.29 is 34.5 Å². The molecule has 3 rings (SSSR count). The van der Waals surface area contributed by atoms with Crippen LogP contribution in [-0.2, 0) is 6.54 Å². The van der Waals surface area contributed by atoms with Crippen LogP contribution in [0.3, 0.4) is 0 Å². The monoisotopic (exact) mass is 394 g/mol. The molecule has 10 heteroatoms. The van der Waals surface area contributed by atoms with E-state index in [4.69, 9.17) is 0 Å². The van der Waals surface area contributed by atoms with Crippen LogP contribution in [0.4, 0.5) is 25.2 Å². The van der Waals surface area contributed by atoms with Crippen molar-refractivity contribution >= 4 is 24.6 Å². The number of halogens is 6. The molecule has 0 saturated heterocycles. The normalized spacial score (nSPS) is 13.9. The van der Waals surface area contributed by atoms with E-state index in [0.29, 0.717) is 6.54 Å². The van der Waals surface area contributed by atoms with Gasteiger partial charge in [0.1, 0.15) is 5.52 Å². The molecule has 3 aromatic rings. The van der Waals surface area contributed by atoms with E-state index in [-0.39, 0.29) is 5.78 Å². The summed E-state index contributed by atoms with van der Waals surface area (Å²) in [5, 5.41) is 0. The van der Waals surface area contributed by atoms with Crippen molar-refractivity contribution in [1.82, 2.24) is 4.98 Å². The molecular weight excluding hydrogens is 381 g/mol. The van der Waals surface area contributed by atoms with Gasteiger partial charge in [0.2, 0.25) is 17.8 Å². The minimum Gasteiger partial charge on any atom is -0.287 e. The first-order valence-corrected chi connectivity index (χ1v) is 9.20. The molecule has 0 saturated carbocycles. The molecule has 2 aromatic carbocycles. The molecule has 26 heavy (non-hydrogen) atoms. The molecular formula is C16H13F6N2OP. The Morgan fingerprint density at radius 1 is 0.885 bits per heavy atom. The first-order chi connectivity index (χ1) is 11.8. The Bertz CT molecular complexity index is 913. The molecule has 0 aliphatic heterocycles. The fraction of sp³-hybridized carbons (Fsp3) is 0.0625. The Hall–Kier alpha value is -2.54. The summed E-state index contributed by atoms with van der Waals surface area (Å²) in [5.74, 6) is 0.0990. The number of hydrogen-bond donors (Lipinski definition) is 0. The summed E-state index contributed by atoms with van der Waals surface area (Å²) in [5.41, 5.74) is 2.59. The number of carbonyl (C=O) groups is 1. The van der Waals surface area contributed by atoms with Crippen molar-refractivity contribution in [3.63, 3.8) is 0 Å². The number of benzene rings is 2. The SMILES string of the molecule is F[P-](F)(F)(F)(F)F.O=C(C[n+]1ccnc2ccccc21)c1ccccc1. The number of ketones is 1. The van der Waals surface area contributed by atoms with E-state index >= 15 is 0 Å². The number of hydrogen-bond acceptors (Lipinski definition) is 2. The van der Waals surface area contributed by atoms with Gasteiger partial charge < -0.3 is 0 Å². The fourth-order valence-electron chi connectivity index (χ4n) is 2.10. The third-order valence-electron chi connectivity index (χ3n) is 3.06. The molecule has 0 spiro atoms. The van der Waals surface area contributed by atoms with Crippen LogP contribution < -0.4 is 4.57 Å². The van der Waals surface area contributed by atoms with Gasteiger partial charge in [-0.1, -0.05) is 42.5 Å². The zero-order chi connectivity index (χ0) is 19.5. The predicted molar refractivity (Wildman–Crippen MR) is 86.3 cm³/mol. The molecule has 0 amide bonds. The first kappa shape index (κ1) is 19.8. The summed E-state index contributed by atoms with van der Waals surface area (Å²) < 4.78 is 61.1. The van der Waals surface area contributed by atoms with Gasteiger partial charge >= 0.3 is 33.0 Å². The van der Waals surface area contributed by atoms with Crippen LogP contribution in [0.5, 0.6) is 0 Å². The number of carbonyl (C=O) groups excluding carboxylic acids is 1. The quantitative estimate of drug-likeness (QED) is 0.244. The Morgan fingerprint density at radius 2 is 1.42 bits per heavy atom. The summed E-state index contributed by atoms with van der Waals surface area (Å²) in [4.78, 5) is 16.5. The number of fused-ring (bicyclic) bond motifs is 1. The minimum absolute atomic E-state index is 0.0990. The van der Waals surface area contributed by atoms with Crippen LogP contribution in [0.15, 0.2) is 67.0 Å². The van der Waals surface area contributed by atoms with E-state index in [2.05, 4.69) is 4.98 Å². The largest absolute Gasteiger partial charge is 0.287 e. The number of Topliss-reactive ketones (excluding diaryl/α,β-unsaturated/α-hetero) is 1. The Morgan fingerprint density at radius 3 is 2.04 bits per heavy atom. The molecule has 0 N–H and O–H groups in total. The van der Waals surface area contributed by atoms with Gasteiger partial charge in [-0.2, -0.15) is 4.57 Å². The molecule has 0 aliphatic carbocycles. The molecule has 0 fully saturated rings. The van der Waals surface area contributed by atoms with Crippen molar-refractivity contribution in [2.45, 2.75) is 6.54 Å².